The van der Waals surface area contributed by atoms with Crippen molar-refractivity contribution < 1.29 is 19.4 Å². The molecular formula is C13H15NO4. The Morgan fingerprint density at radius 1 is 1.28 bits per heavy atom. The van der Waals surface area contributed by atoms with E-state index in [0.717, 1.165) is 5.56 Å². The predicted molar refractivity (Wildman–Crippen MR) is 65.8 cm³/mol. The summed E-state index contributed by atoms with van der Waals surface area (Å²) in [4.78, 5) is 11.8. The van der Waals surface area contributed by atoms with Gasteiger partial charge < -0.3 is 19.9 Å². The third-order valence-corrected chi connectivity index (χ3v) is 2.49. The molecule has 1 heterocycles. The number of carbonyl (C=O) groups is 1. The molecule has 0 spiro atoms. The Balaban J connectivity index is 1.96. The lowest BCUT2D eigenvalue weighted by Gasteiger charge is -2.15. The Kier molecular flexibility index (Phi) is 4.20. The third-order valence-electron chi connectivity index (χ3n) is 2.49. The number of anilines is 1. The van der Waals surface area contributed by atoms with Gasteiger partial charge in [-0.2, -0.15) is 0 Å². The minimum Gasteiger partial charge on any atom is -0.494 e. The van der Waals surface area contributed by atoms with E-state index in [1.165, 1.54) is 6.26 Å². The molecule has 5 nitrogen and oxygen atoms in total. The van der Waals surface area contributed by atoms with Crippen molar-refractivity contribution in [3.63, 3.8) is 0 Å². The number of aliphatic hydroxyl groups excluding tert-OH is 1. The van der Waals surface area contributed by atoms with Crippen molar-refractivity contribution in [3.8, 4) is 0 Å². The molecule has 2 N–H and O–H groups in total. The van der Waals surface area contributed by atoms with E-state index < -0.39 is 0 Å². The first kappa shape index (κ1) is 12.4. The lowest BCUT2D eigenvalue weighted by Crippen LogP contribution is -2.21. The summed E-state index contributed by atoms with van der Waals surface area (Å²) in [6.45, 7) is 0.963. The molecule has 1 aromatic carbocycles. The Hall–Kier alpha value is -2.01. The first-order chi connectivity index (χ1) is 8.79. The topological polar surface area (TPSA) is 67.8 Å². The minimum absolute atomic E-state index is 0.115. The van der Waals surface area contributed by atoms with Gasteiger partial charge in [0.2, 0.25) is 5.76 Å². The third kappa shape index (κ3) is 3.24. The first-order valence-corrected chi connectivity index (χ1v) is 5.75. The van der Waals surface area contributed by atoms with Crippen LogP contribution >= 0.6 is 0 Å². The standard InChI is InChI=1S/C13H15NO4/c15-6-5-10-1-3-11(4-2-10)14-13(16)12-9-17-7-8-18-12/h1-4,9,15H,5-8H2,(H,14,16). The molecule has 0 bridgehead atoms. The number of ether oxygens (including phenoxy) is 2. The summed E-state index contributed by atoms with van der Waals surface area (Å²) in [5.41, 5.74) is 1.70. The zero-order chi connectivity index (χ0) is 12.8. The van der Waals surface area contributed by atoms with Gasteiger partial charge in [-0.15, -0.1) is 0 Å². The minimum atomic E-state index is -0.329. The number of hydrogen-bond acceptors (Lipinski definition) is 4. The number of carbonyl (C=O) groups excluding carboxylic acids is 1. The highest BCUT2D eigenvalue weighted by Gasteiger charge is 2.14. The summed E-state index contributed by atoms with van der Waals surface area (Å²) in [6.07, 6.45) is 1.93. The molecule has 1 aliphatic heterocycles. The number of amides is 1. The molecule has 2 rings (SSSR count). The van der Waals surface area contributed by atoms with Crippen LogP contribution in [0.1, 0.15) is 5.56 Å². The van der Waals surface area contributed by atoms with Crippen LogP contribution in [0.25, 0.3) is 0 Å². The monoisotopic (exact) mass is 249 g/mol. The summed E-state index contributed by atoms with van der Waals surface area (Å²) >= 11 is 0. The van der Waals surface area contributed by atoms with Crippen molar-refractivity contribution in [2.45, 2.75) is 6.42 Å². The van der Waals surface area contributed by atoms with Crippen LogP contribution in [0.4, 0.5) is 5.69 Å². The summed E-state index contributed by atoms with van der Waals surface area (Å²) in [5.74, 6) is -0.148. The van der Waals surface area contributed by atoms with Crippen molar-refractivity contribution >= 4 is 11.6 Å². The summed E-state index contributed by atoms with van der Waals surface area (Å²) < 4.78 is 10.2. The molecular weight excluding hydrogens is 234 g/mol. The molecule has 0 saturated heterocycles. The zero-order valence-corrected chi connectivity index (χ0v) is 9.89. The van der Waals surface area contributed by atoms with Gasteiger partial charge in [0, 0.05) is 12.3 Å². The average Bonchev–Trinajstić information content (AvgIpc) is 2.42. The highest BCUT2D eigenvalue weighted by Crippen LogP contribution is 2.12. The van der Waals surface area contributed by atoms with Gasteiger partial charge in [-0.25, -0.2) is 0 Å². The van der Waals surface area contributed by atoms with Gasteiger partial charge in [-0.1, -0.05) is 12.1 Å². The van der Waals surface area contributed by atoms with Gasteiger partial charge in [-0.05, 0) is 24.1 Å². The van der Waals surface area contributed by atoms with E-state index in [-0.39, 0.29) is 18.3 Å². The second-order valence-electron chi connectivity index (χ2n) is 3.83. The highest BCUT2D eigenvalue weighted by molar-refractivity contribution is 6.02. The predicted octanol–water partition coefficient (Wildman–Crippen LogP) is 1.05. The fraction of sp³-hybridized carbons (Fsp3) is 0.308. The van der Waals surface area contributed by atoms with E-state index >= 15 is 0 Å². The summed E-state index contributed by atoms with van der Waals surface area (Å²) in [5, 5.41) is 11.5. The van der Waals surface area contributed by atoms with Gasteiger partial charge in [0.25, 0.3) is 5.91 Å². The van der Waals surface area contributed by atoms with Crippen LogP contribution in [0.5, 0.6) is 0 Å². The Bertz CT molecular complexity index is 439. The molecule has 1 amide bonds. The van der Waals surface area contributed by atoms with E-state index in [2.05, 4.69) is 5.32 Å². The summed E-state index contributed by atoms with van der Waals surface area (Å²) in [6, 6.07) is 7.29. The fourth-order valence-electron chi connectivity index (χ4n) is 1.56. The lowest BCUT2D eigenvalue weighted by molar-refractivity contribution is -0.117. The molecule has 5 heteroatoms. The van der Waals surface area contributed by atoms with Crippen molar-refractivity contribution in [1.82, 2.24) is 0 Å². The smallest absolute Gasteiger partial charge is 0.294 e. The zero-order valence-electron chi connectivity index (χ0n) is 9.89. The van der Waals surface area contributed by atoms with Crippen LogP contribution in [-0.2, 0) is 20.7 Å². The van der Waals surface area contributed by atoms with Crippen LogP contribution in [0.3, 0.4) is 0 Å². The molecule has 0 fully saturated rings. The normalized spacial score (nSPS) is 14.2. The van der Waals surface area contributed by atoms with Crippen molar-refractivity contribution in [2.75, 3.05) is 25.1 Å². The van der Waals surface area contributed by atoms with E-state index in [4.69, 9.17) is 14.6 Å². The van der Waals surface area contributed by atoms with Crippen LogP contribution in [0.2, 0.25) is 0 Å². The summed E-state index contributed by atoms with van der Waals surface area (Å²) in [7, 11) is 0. The van der Waals surface area contributed by atoms with Crippen molar-refractivity contribution in [1.29, 1.82) is 0 Å². The Morgan fingerprint density at radius 2 is 2.06 bits per heavy atom. The van der Waals surface area contributed by atoms with E-state index in [1.54, 1.807) is 12.1 Å². The van der Waals surface area contributed by atoms with Crippen molar-refractivity contribution in [3.05, 3.63) is 41.9 Å². The lowest BCUT2D eigenvalue weighted by atomic mass is 10.1. The Labute approximate surface area is 105 Å². The number of benzene rings is 1. The molecule has 0 aromatic heterocycles. The molecule has 18 heavy (non-hydrogen) atoms. The van der Waals surface area contributed by atoms with Crippen LogP contribution in [-0.4, -0.2) is 30.8 Å². The van der Waals surface area contributed by atoms with Gasteiger partial charge in [-0.3, -0.25) is 4.79 Å². The van der Waals surface area contributed by atoms with Crippen molar-refractivity contribution in [2.24, 2.45) is 0 Å². The van der Waals surface area contributed by atoms with Gasteiger partial charge >= 0.3 is 0 Å². The van der Waals surface area contributed by atoms with Gasteiger partial charge in [0.05, 0.1) is 0 Å². The highest BCUT2D eigenvalue weighted by atomic mass is 16.6. The molecule has 96 valence electrons. The fourth-order valence-corrected chi connectivity index (χ4v) is 1.56. The number of rotatable bonds is 4. The quantitative estimate of drug-likeness (QED) is 0.837. The second-order valence-corrected chi connectivity index (χ2v) is 3.83. The molecule has 0 unspecified atom stereocenters. The van der Waals surface area contributed by atoms with Crippen LogP contribution in [0, 0.1) is 0 Å². The SMILES string of the molecule is O=C(Nc1ccc(CCO)cc1)C1=COCCO1. The van der Waals surface area contributed by atoms with E-state index in [1.807, 2.05) is 12.1 Å². The largest absolute Gasteiger partial charge is 0.494 e. The second kappa shape index (κ2) is 6.07. The van der Waals surface area contributed by atoms with E-state index in [0.29, 0.717) is 25.3 Å². The van der Waals surface area contributed by atoms with Crippen LogP contribution in [0.15, 0.2) is 36.3 Å². The van der Waals surface area contributed by atoms with Gasteiger partial charge in [0.1, 0.15) is 19.5 Å². The maximum Gasteiger partial charge on any atom is 0.294 e. The maximum absolute atomic E-state index is 11.8. The van der Waals surface area contributed by atoms with E-state index in [9.17, 15) is 4.79 Å². The molecule has 0 atom stereocenters. The first-order valence-electron chi connectivity index (χ1n) is 5.75. The van der Waals surface area contributed by atoms with Gasteiger partial charge in [0.15, 0.2) is 0 Å². The molecule has 0 aliphatic carbocycles. The number of hydrogen-bond donors (Lipinski definition) is 2. The number of nitrogens with one attached hydrogen (secondary N) is 1. The number of aliphatic hydroxyl groups is 1. The maximum atomic E-state index is 11.8. The van der Waals surface area contributed by atoms with Crippen LogP contribution < -0.4 is 5.32 Å². The average molecular weight is 249 g/mol. The molecule has 1 aliphatic rings. The Morgan fingerprint density at radius 3 is 2.67 bits per heavy atom. The molecule has 0 saturated carbocycles. The molecule has 1 aromatic rings. The molecule has 0 radical (unpaired) electrons.